The molecule has 0 aliphatic rings. The second-order valence-electron chi connectivity index (χ2n) is 3.41. The Morgan fingerprint density at radius 2 is 2.17 bits per heavy atom. The van der Waals surface area contributed by atoms with Gasteiger partial charge in [-0.3, -0.25) is 19.5 Å². The van der Waals surface area contributed by atoms with Crippen molar-refractivity contribution in [3.8, 4) is 0 Å². The van der Waals surface area contributed by atoms with Crippen LogP contribution in [0.5, 0.6) is 0 Å². The molecule has 0 aliphatic carbocycles. The predicted octanol–water partition coefficient (Wildman–Crippen LogP) is 0.104. The molecule has 0 spiro atoms. The number of amides is 2. The highest BCUT2D eigenvalue weighted by molar-refractivity contribution is 6.00. The summed E-state index contributed by atoms with van der Waals surface area (Å²) in [5, 5.41) is 8.77. The molecule has 0 saturated carbocycles. The number of carboxylic acids is 1. The second-order valence-corrected chi connectivity index (χ2v) is 3.41. The van der Waals surface area contributed by atoms with Crippen LogP contribution in [0, 0.1) is 0 Å². The van der Waals surface area contributed by atoms with Gasteiger partial charge in [0.25, 0.3) is 5.91 Å². The fourth-order valence-corrected chi connectivity index (χ4v) is 1.20. The quantitative estimate of drug-likeness (QED) is 0.587. The molecule has 94 valence electrons. The largest absolute Gasteiger partial charge is 0.478 e. The van der Waals surface area contributed by atoms with Gasteiger partial charge in [-0.25, -0.2) is 9.78 Å². The van der Waals surface area contributed by atoms with Gasteiger partial charge in [-0.05, 0) is 6.92 Å². The Hall–Kier alpha value is -2.57. The molecule has 1 rings (SSSR count). The first-order valence-corrected chi connectivity index (χ1v) is 4.95. The standard InChI is InChI=1S/C11H11N3O4/c1-7(11(17)18)8(2)14(6-15)10(16)9-5-12-3-4-13-9/h3-6,8H,1H2,2H3,(H,17,18). The van der Waals surface area contributed by atoms with Crippen molar-refractivity contribution in [2.75, 3.05) is 0 Å². The monoisotopic (exact) mass is 249 g/mol. The van der Waals surface area contributed by atoms with Crippen molar-refractivity contribution < 1.29 is 19.5 Å². The van der Waals surface area contributed by atoms with E-state index in [-0.39, 0.29) is 17.7 Å². The average molecular weight is 249 g/mol. The third-order valence-corrected chi connectivity index (χ3v) is 2.33. The van der Waals surface area contributed by atoms with Crippen LogP contribution in [0.4, 0.5) is 0 Å². The van der Waals surface area contributed by atoms with Gasteiger partial charge in [0.15, 0.2) is 0 Å². The van der Waals surface area contributed by atoms with Crippen LogP contribution in [0.15, 0.2) is 30.7 Å². The lowest BCUT2D eigenvalue weighted by Gasteiger charge is -2.22. The van der Waals surface area contributed by atoms with E-state index in [1.165, 1.54) is 25.5 Å². The van der Waals surface area contributed by atoms with Crippen LogP contribution < -0.4 is 0 Å². The van der Waals surface area contributed by atoms with Crippen LogP contribution >= 0.6 is 0 Å². The Morgan fingerprint density at radius 1 is 1.50 bits per heavy atom. The fourth-order valence-electron chi connectivity index (χ4n) is 1.20. The van der Waals surface area contributed by atoms with E-state index in [2.05, 4.69) is 16.5 Å². The van der Waals surface area contributed by atoms with Crippen molar-refractivity contribution in [2.24, 2.45) is 0 Å². The molecule has 18 heavy (non-hydrogen) atoms. The van der Waals surface area contributed by atoms with Crippen LogP contribution in [0.25, 0.3) is 0 Å². The van der Waals surface area contributed by atoms with Crippen LogP contribution in [-0.4, -0.2) is 44.3 Å². The maximum Gasteiger partial charge on any atom is 0.333 e. The molecule has 1 unspecified atom stereocenters. The maximum atomic E-state index is 11.9. The first-order chi connectivity index (χ1) is 8.49. The Morgan fingerprint density at radius 3 is 2.61 bits per heavy atom. The summed E-state index contributed by atoms with van der Waals surface area (Å²) >= 11 is 0. The molecular formula is C11H11N3O4. The molecule has 0 saturated heterocycles. The average Bonchev–Trinajstić information content (AvgIpc) is 2.39. The molecule has 0 fully saturated rings. The van der Waals surface area contributed by atoms with Crippen molar-refractivity contribution >= 4 is 18.3 Å². The summed E-state index contributed by atoms with van der Waals surface area (Å²) in [5.74, 6) is -2.01. The smallest absolute Gasteiger partial charge is 0.333 e. The Bertz CT molecular complexity index is 486. The van der Waals surface area contributed by atoms with Gasteiger partial charge in [-0.15, -0.1) is 0 Å². The topological polar surface area (TPSA) is 100 Å². The summed E-state index contributed by atoms with van der Waals surface area (Å²) in [4.78, 5) is 41.7. The Labute approximate surface area is 103 Å². The SMILES string of the molecule is C=C(C(=O)O)C(C)N(C=O)C(=O)c1cnccn1. The summed E-state index contributed by atoms with van der Waals surface area (Å²) in [6, 6.07) is -0.963. The molecule has 7 heteroatoms. The molecule has 0 bridgehead atoms. The highest BCUT2D eigenvalue weighted by Gasteiger charge is 2.26. The van der Waals surface area contributed by atoms with Crippen molar-refractivity contribution in [3.63, 3.8) is 0 Å². The van der Waals surface area contributed by atoms with Gasteiger partial charge >= 0.3 is 5.97 Å². The van der Waals surface area contributed by atoms with E-state index in [9.17, 15) is 14.4 Å². The zero-order chi connectivity index (χ0) is 13.7. The first kappa shape index (κ1) is 13.5. The summed E-state index contributed by atoms with van der Waals surface area (Å²) < 4.78 is 0. The van der Waals surface area contributed by atoms with E-state index < -0.39 is 17.9 Å². The van der Waals surface area contributed by atoms with Gasteiger partial charge in [0.1, 0.15) is 5.69 Å². The van der Waals surface area contributed by atoms with Crippen molar-refractivity contribution in [3.05, 3.63) is 36.4 Å². The maximum absolute atomic E-state index is 11.9. The molecule has 0 radical (unpaired) electrons. The van der Waals surface area contributed by atoms with Gasteiger partial charge in [0.2, 0.25) is 6.41 Å². The zero-order valence-electron chi connectivity index (χ0n) is 9.61. The second kappa shape index (κ2) is 5.67. The predicted molar refractivity (Wildman–Crippen MR) is 60.5 cm³/mol. The van der Waals surface area contributed by atoms with Crippen molar-refractivity contribution in [1.29, 1.82) is 0 Å². The van der Waals surface area contributed by atoms with Crippen molar-refractivity contribution in [2.45, 2.75) is 13.0 Å². The molecule has 1 aromatic heterocycles. The lowest BCUT2D eigenvalue weighted by molar-refractivity contribution is -0.133. The lowest BCUT2D eigenvalue weighted by atomic mass is 10.1. The van der Waals surface area contributed by atoms with E-state index in [1.54, 1.807) is 0 Å². The van der Waals surface area contributed by atoms with Crippen LogP contribution in [0.3, 0.4) is 0 Å². The molecule has 0 aliphatic heterocycles. The number of hydrogen-bond donors (Lipinski definition) is 1. The zero-order valence-corrected chi connectivity index (χ0v) is 9.61. The highest BCUT2D eigenvalue weighted by Crippen LogP contribution is 2.10. The molecule has 0 aromatic carbocycles. The number of carbonyl (C=O) groups is 3. The van der Waals surface area contributed by atoms with Gasteiger partial charge in [-0.1, -0.05) is 6.58 Å². The molecular weight excluding hydrogens is 238 g/mol. The molecule has 1 N–H and O–H groups in total. The minimum absolute atomic E-state index is 0.0466. The van der Waals surface area contributed by atoms with Gasteiger partial charge in [0.05, 0.1) is 17.8 Å². The van der Waals surface area contributed by atoms with Crippen LogP contribution in [-0.2, 0) is 9.59 Å². The number of hydrogen-bond acceptors (Lipinski definition) is 5. The van der Waals surface area contributed by atoms with Gasteiger partial charge in [0, 0.05) is 12.4 Å². The summed E-state index contributed by atoms with van der Waals surface area (Å²) in [5.41, 5.74) is -0.311. The number of carboxylic acid groups (broad SMARTS) is 1. The van der Waals surface area contributed by atoms with Gasteiger partial charge in [-0.2, -0.15) is 0 Å². The van der Waals surface area contributed by atoms with E-state index in [0.29, 0.717) is 4.90 Å². The number of aromatic nitrogens is 2. The molecule has 2 amide bonds. The minimum atomic E-state index is -1.28. The molecule has 1 heterocycles. The summed E-state index contributed by atoms with van der Waals surface area (Å²) in [6.07, 6.45) is 4.11. The Balaban J connectivity index is 2.97. The normalized spacial score (nSPS) is 11.4. The summed E-state index contributed by atoms with van der Waals surface area (Å²) in [7, 11) is 0. The third kappa shape index (κ3) is 2.76. The third-order valence-electron chi connectivity index (χ3n) is 2.33. The summed E-state index contributed by atoms with van der Waals surface area (Å²) in [6.45, 7) is 4.70. The van der Waals surface area contributed by atoms with E-state index in [4.69, 9.17) is 5.11 Å². The molecule has 1 aromatic rings. The lowest BCUT2D eigenvalue weighted by Crippen LogP contribution is -2.40. The number of aliphatic carboxylic acids is 1. The Kier molecular flexibility index (Phi) is 4.25. The molecule has 1 atom stereocenters. The first-order valence-electron chi connectivity index (χ1n) is 4.95. The van der Waals surface area contributed by atoms with E-state index >= 15 is 0 Å². The molecule has 7 nitrogen and oxygen atoms in total. The van der Waals surface area contributed by atoms with Crippen molar-refractivity contribution in [1.82, 2.24) is 14.9 Å². The minimum Gasteiger partial charge on any atom is -0.478 e. The number of nitrogens with zero attached hydrogens (tertiary/aromatic N) is 3. The highest BCUT2D eigenvalue weighted by atomic mass is 16.4. The fraction of sp³-hybridized carbons (Fsp3) is 0.182. The van der Waals surface area contributed by atoms with Gasteiger partial charge < -0.3 is 5.11 Å². The van der Waals surface area contributed by atoms with Crippen LogP contribution in [0.2, 0.25) is 0 Å². The number of imide groups is 1. The van der Waals surface area contributed by atoms with Crippen LogP contribution in [0.1, 0.15) is 17.4 Å². The number of carbonyl (C=O) groups excluding carboxylic acids is 2. The van der Waals surface area contributed by atoms with E-state index in [1.807, 2.05) is 0 Å². The number of rotatable bonds is 5. The van der Waals surface area contributed by atoms with E-state index in [0.717, 1.165) is 0 Å².